The van der Waals surface area contributed by atoms with Gasteiger partial charge in [0.2, 0.25) is 0 Å². The largest absolute Gasteiger partial charge is 0.376 e. The predicted molar refractivity (Wildman–Crippen MR) is 86.9 cm³/mol. The average molecular weight is 303 g/mol. The number of aromatic amines is 1. The van der Waals surface area contributed by atoms with Gasteiger partial charge in [-0.15, -0.1) is 0 Å². The summed E-state index contributed by atoms with van der Waals surface area (Å²) in [5.41, 5.74) is 8.38. The van der Waals surface area contributed by atoms with Gasteiger partial charge < -0.3 is 11.1 Å². The minimum atomic E-state index is 0.182. The van der Waals surface area contributed by atoms with Gasteiger partial charge >= 0.3 is 0 Å². The first kappa shape index (κ1) is 12.9. The SMILES string of the molecule is NC(=S)Nc1n[nH]c2ccc(-c3ccccc3Cl)cc12. The standard InChI is InChI=1S/C14H11ClN4S/c15-11-4-2-1-3-9(11)8-5-6-12-10(7-8)13(19-18-12)17-14(16)20/h1-7H,(H4,16,17,18,19,20). The smallest absolute Gasteiger partial charge is 0.169 e. The van der Waals surface area contributed by atoms with Gasteiger partial charge in [0.25, 0.3) is 0 Å². The van der Waals surface area contributed by atoms with Crippen molar-refractivity contribution in [2.45, 2.75) is 0 Å². The Morgan fingerprint density at radius 3 is 2.80 bits per heavy atom. The van der Waals surface area contributed by atoms with E-state index in [1.165, 1.54) is 0 Å². The summed E-state index contributed by atoms with van der Waals surface area (Å²) in [5.74, 6) is 0.612. The number of halogens is 1. The summed E-state index contributed by atoms with van der Waals surface area (Å²) in [6.07, 6.45) is 0. The van der Waals surface area contributed by atoms with E-state index in [2.05, 4.69) is 15.5 Å². The van der Waals surface area contributed by atoms with Gasteiger partial charge in [0, 0.05) is 16.0 Å². The summed E-state index contributed by atoms with van der Waals surface area (Å²) < 4.78 is 0. The van der Waals surface area contributed by atoms with Crippen molar-refractivity contribution in [3.63, 3.8) is 0 Å². The van der Waals surface area contributed by atoms with Crippen molar-refractivity contribution < 1.29 is 0 Å². The number of aromatic nitrogens is 2. The second-order valence-corrected chi connectivity index (χ2v) is 5.15. The molecular weight excluding hydrogens is 292 g/mol. The molecule has 0 bridgehead atoms. The summed E-state index contributed by atoms with van der Waals surface area (Å²) in [5, 5.41) is 11.7. The molecule has 0 aliphatic rings. The molecule has 0 atom stereocenters. The minimum Gasteiger partial charge on any atom is -0.376 e. The lowest BCUT2D eigenvalue weighted by Crippen LogP contribution is -2.19. The number of H-pyrrole nitrogens is 1. The fourth-order valence-corrected chi connectivity index (χ4v) is 2.43. The Morgan fingerprint density at radius 1 is 1.25 bits per heavy atom. The number of hydrogen-bond donors (Lipinski definition) is 3. The van der Waals surface area contributed by atoms with Gasteiger partial charge in [-0.3, -0.25) is 5.10 Å². The van der Waals surface area contributed by atoms with Crippen LogP contribution < -0.4 is 11.1 Å². The van der Waals surface area contributed by atoms with E-state index in [9.17, 15) is 0 Å². The van der Waals surface area contributed by atoms with Crippen LogP contribution in [0.5, 0.6) is 0 Å². The number of anilines is 1. The monoisotopic (exact) mass is 302 g/mol. The molecule has 0 radical (unpaired) electrons. The van der Waals surface area contributed by atoms with Gasteiger partial charge in [-0.05, 0) is 36.0 Å². The summed E-state index contributed by atoms with van der Waals surface area (Å²) >= 11 is 11.1. The van der Waals surface area contributed by atoms with Crippen LogP contribution in [0.4, 0.5) is 5.82 Å². The summed E-state index contributed by atoms with van der Waals surface area (Å²) in [4.78, 5) is 0. The first-order chi connectivity index (χ1) is 9.65. The number of nitrogens with two attached hydrogens (primary N) is 1. The van der Waals surface area contributed by atoms with E-state index in [4.69, 9.17) is 29.6 Å². The molecule has 0 amide bonds. The minimum absolute atomic E-state index is 0.182. The molecule has 0 unspecified atom stereocenters. The molecule has 0 saturated carbocycles. The number of rotatable bonds is 2. The van der Waals surface area contributed by atoms with E-state index in [1.807, 2.05) is 42.5 Å². The zero-order chi connectivity index (χ0) is 14.1. The van der Waals surface area contributed by atoms with Crippen molar-refractivity contribution in [3.8, 4) is 11.1 Å². The highest BCUT2D eigenvalue weighted by Crippen LogP contribution is 2.31. The number of nitrogens with zero attached hydrogens (tertiary/aromatic N) is 1. The maximum absolute atomic E-state index is 6.23. The molecule has 20 heavy (non-hydrogen) atoms. The first-order valence-electron chi connectivity index (χ1n) is 5.94. The van der Waals surface area contributed by atoms with Gasteiger partial charge in [0.05, 0.1) is 5.52 Å². The molecule has 6 heteroatoms. The normalized spacial score (nSPS) is 10.7. The van der Waals surface area contributed by atoms with Crippen molar-refractivity contribution in [2.24, 2.45) is 5.73 Å². The quantitative estimate of drug-likeness (QED) is 0.633. The van der Waals surface area contributed by atoms with Crippen molar-refractivity contribution >= 4 is 45.7 Å². The van der Waals surface area contributed by atoms with Crippen molar-refractivity contribution in [1.29, 1.82) is 0 Å². The number of benzene rings is 2. The lowest BCUT2D eigenvalue weighted by atomic mass is 10.0. The van der Waals surface area contributed by atoms with Crippen LogP contribution in [0.15, 0.2) is 42.5 Å². The molecule has 1 heterocycles. The highest BCUT2D eigenvalue weighted by molar-refractivity contribution is 7.80. The molecule has 4 nitrogen and oxygen atoms in total. The molecule has 1 aromatic heterocycles. The van der Waals surface area contributed by atoms with Crippen LogP contribution in [0, 0.1) is 0 Å². The number of thiocarbonyl (C=S) groups is 1. The van der Waals surface area contributed by atoms with Crippen LogP contribution in [0.2, 0.25) is 5.02 Å². The molecule has 0 fully saturated rings. The predicted octanol–water partition coefficient (Wildman–Crippen LogP) is 3.54. The third kappa shape index (κ3) is 2.33. The molecule has 0 aliphatic carbocycles. The maximum atomic E-state index is 6.23. The Morgan fingerprint density at radius 2 is 2.05 bits per heavy atom. The van der Waals surface area contributed by atoms with Crippen LogP contribution in [0.1, 0.15) is 0 Å². The van der Waals surface area contributed by atoms with E-state index in [0.717, 1.165) is 22.0 Å². The topological polar surface area (TPSA) is 66.7 Å². The van der Waals surface area contributed by atoms with Crippen molar-refractivity contribution in [3.05, 3.63) is 47.5 Å². The Balaban J connectivity index is 2.14. The van der Waals surface area contributed by atoms with Gasteiger partial charge in [0.15, 0.2) is 10.9 Å². The Hall–Kier alpha value is -2.11. The van der Waals surface area contributed by atoms with E-state index < -0.39 is 0 Å². The molecule has 3 aromatic rings. The van der Waals surface area contributed by atoms with Crippen LogP contribution in [0.3, 0.4) is 0 Å². The average Bonchev–Trinajstić information content (AvgIpc) is 2.81. The first-order valence-corrected chi connectivity index (χ1v) is 6.73. The van der Waals surface area contributed by atoms with Crippen LogP contribution in [0.25, 0.3) is 22.0 Å². The molecule has 0 saturated heterocycles. The molecule has 3 rings (SSSR count). The zero-order valence-electron chi connectivity index (χ0n) is 10.4. The molecule has 0 aliphatic heterocycles. The van der Waals surface area contributed by atoms with E-state index >= 15 is 0 Å². The van der Waals surface area contributed by atoms with E-state index in [1.54, 1.807) is 0 Å². The van der Waals surface area contributed by atoms with Gasteiger partial charge in [-0.2, -0.15) is 5.10 Å². The molecule has 2 aromatic carbocycles. The summed E-state index contributed by atoms with van der Waals surface area (Å²) in [6, 6.07) is 13.6. The van der Waals surface area contributed by atoms with Crippen LogP contribution in [-0.2, 0) is 0 Å². The van der Waals surface area contributed by atoms with E-state index in [-0.39, 0.29) is 5.11 Å². The van der Waals surface area contributed by atoms with Crippen molar-refractivity contribution in [1.82, 2.24) is 10.2 Å². The molecule has 0 spiro atoms. The highest BCUT2D eigenvalue weighted by Gasteiger charge is 2.09. The molecule has 100 valence electrons. The van der Waals surface area contributed by atoms with Gasteiger partial charge in [-0.1, -0.05) is 35.9 Å². The fourth-order valence-electron chi connectivity index (χ4n) is 2.09. The second-order valence-electron chi connectivity index (χ2n) is 4.30. The maximum Gasteiger partial charge on any atom is 0.169 e. The Bertz CT molecular complexity index is 797. The molecular formula is C14H11ClN4S. The van der Waals surface area contributed by atoms with Crippen LogP contribution >= 0.6 is 23.8 Å². The number of fused-ring (bicyclic) bond motifs is 1. The highest BCUT2D eigenvalue weighted by atomic mass is 35.5. The lowest BCUT2D eigenvalue weighted by Gasteiger charge is -2.05. The number of hydrogen-bond acceptors (Lipinski definition) is 2. The Kier molecular flexibility index (Phi) is 3.30. The fraction of sp³-hybridized carbons (Fsp3) is 0. The lowest BCUT2D eigenvalue weighted by molar-refractivity contribution is 1.12. The third-order valence-electron chi connectivity index (χ3n) is 2.99. The number of nitrogens with one attached hydrogen (secondary N) is 2. The van der Waals surface area contributed by atoms with Gasteiger partial charge in [-0.25, -0.2) is 0 Å². The zero-order valence-corrected chi connectivity index (χ0v) is 11.9. The molecule has 4 N–H and O–H groups in total. The summed E-state index contributed by atoms with van der Waals surface area (Å²) in [7, 11) is 0. The summed E-state index contributed by atoms with van der Waals surface area (Å²) in [6.45, 7) is 0. The van der Waals surface area contributed by atoms with E-state index in [0.29, 0.717) is 10.8 Å². The van der Waals surface area contributed by atoms with Gasteiger partial charge in [0.1, 0.15) is 0 Å². The van der Waals surface area contributed by atoms with Crippen molar-refractivity contribution in [2.75, 3.05) is 5.32 Å². The third-order valence-corrected chi connectivity index (χ3v) is 3.42. The van der Waals surface area contributed by atoms with Crippen LogP contribution in [-0.4, -0.2) is 15.3 Å². The Labute approximate surface area is 125 Å². The second kappa shape index (κ2) is 5.11.